The number of aliphatic hydroxyl groups excluding tert-OH is 1. The highest BCUT2D eigenvalue weighted by atomic mass is 35.5. The molecule has 1 aromatic carbocycles. The Labute approximate surface area is 118 Å². The first-order valence-corrected chi connectivity index (χ1v) is 6.88. The van der Waals surface area contributed by atoms with Crippen molar-refractivity contribution in [1.29, 1.82) is 0 Å². The van der Waals surface area contributed by atoms with Crippen LogP contribution in [0.15, 0.2) is 24.3 Å². The van der Waals surface area contributed by atoms with Crippen molar-refractivity contribution in [3.63, 3.8) is 0 Å². The van der Waals surface area contributed by atoms with E-state index >= 15 is 0 Å². The first-order valence-electron chi connectivity index (χ1n) is 6.50. The van der Waals surface area contributed by atoms with Gasteiger partial charge in [-0.1, -0.05) is 37.6 Å². The molecule has 0 fully saturated rings. The van der Waals surface area contributed by atoms with E-state index in [0.29, 0.717) is 11.6 Å². The van der Waals surface area contributed by atoms with E-state index in [1.807, 2.05) is 26.0 Å². The van der Waals surface area contributed by atoms with Crippen LogP contribution in [0.1, 0.15) is 37.2 Å². The van der Waals surface area contributed by atoms with E-state index in [0.717, 1.165) is 30.1 Å². The zero-order valence-electron chi connectivity index (χ0n) is 11.2. The summed E-state index contributed by atoms with van der Waals surface area (Å²) in [6, 6.07) is 7.26. The van der Waals surface area contributed by atoms with E-state index in [1.54, 1.807) is 16.8 Å². The first kappa shape index (κ1) is 14.0. The van der Waals surface area contributed by atoms with Crippen molar-refractivity contribution in [1.82, 2.24) is 14.8 Å². The lowest BCUT2D eigenvalue weighted by atomic mass is 10.1. The molecule has 0 aliphatic carbocycles. The van der Waals surface area contributed by atoms with Gasteiger partial charge in [0, 0.05) is 17.9 Å². The number of halogens is 1. The van der Waals surface area contributed by atoms with Crippen LogP contribution in [0, 0.1) is 0 Å². The molecule has 0 spiro atoms. The summed E-state index contributed by atoms with van der Waals surface area (Å²) in [6.45, 7) is 4.45. The van der Waals surface area contributed by atoms with Crippen molar-refractivity contribution in [3.05, 3.63) is 46.5 Å². The molecule has 4 nitrogen and oxygen atoms in total. The average molecular weight is 280 g/mol. The molecule has 0 saturated carbocycles. The Kier molecular flexibility index (Phi) is 4.56. The summed E-state index contributed by atoms with van der Waals surface area (Å²) >= 11 is 5.93. The molecule has 5 heteroatoms. The highest BCUT2D eigenvalue weighted by Gasteiger charge is 2.13. The normalized spacial score (nSPS) is 12.6. The number of hydrogen-bond donors (Lipinski definition) is 1. The predicted molar refractivity (Wildman–Crippen MR) is 75.2 cm³/mol. The summed E-state index contributed by atoms with van der Waals surface area (Å²) in [5.74, 6) is 1.72. The Balaban J connectivity index is 2.18. The van der Waals surface area contributed by atoms with Gasteiger partial charge in [0.1, 0.15) is 5.82 Å². The monoisotopic (exact) mass is 279 g/mol. The lowest BCUT2D eigenvalue weighted by Gasteiger charge is -2.12. The summed E-state index contributed by atoms with van der Waals surface area (Å²) in [6.07, 6.45) is 0.970. The van der Waals surface area contributed by atoms with Gasteiger partial charge in [-0.25, -0.2) is 9.67 Å². The molecule has 1 atom stereocenters. The predicted octanol–water partition coefficient (Wildman–Crippen LogP) is 2.79. The number of aromatic nitrogens is 3. The minimum absolute atomic E-state index is 0.399. The zero-order chi connectivity index (χ0) is 13.8. The van der Waals surface area contributed by atoms with Crippen LogP contribution in [0.3, 0.4) is 0 Å². The molecule has 0 saturated heterocycles. The maximum atomic E-state index is 10.3. The number of hydrogen-bond acceptors (Lipinski definition) is 3. The standard InChI is InChI=1S/C14H18ClN3O/c1-3-13-16-14(4-2)18(17-13)9-12(19)10-6-5-7-11(15)8-10/h5-8,12,19H,3-4,9H2,1-2H3. The fraction of sp³-hybridized carbons (Fsp3) is 0.429. The van der Waals surface area contributed by atoms with E-state index < -0.39 is 6.10 Å². The Morgan fingerprint density at radius 2 is 2.11 bits per heavy atom. The minimum Gasteiger partial charge on any atom is -0.386 e. The second-order valence-corrected chi connectivity index (χ2v) is 4.84. The van der Waals surface area contributed by atoms with E-state index in [1.165, 1.54) is 0 Å². The van der Waals surface area contributed by atoms with Crippen LogP contribution >= 0.6 is 11.6 Å². The highest BCUT2D eigenvalue weighted by Crippen LogP contribution is 2.19. The van der Waals surface area contributed by atoms with Crippen LogP contribution in [0.5, 0.6) is 0 Å². The number of nitrogens with zero attached hydrogens (tertiary/aromatic N) is 3. The molecule has 1 heterocycles. The zero-order valence-corrected chi connectivity index (χ0v) is 11.9. The van der Waals surface area contributed by atoms with Gasteiger partial charge in [-0.05, 0) is 17.7 Å². The van der Waals surface area contributed by atoms with Crippen molar-refractivity contribution in [2.45, 2.75) is 39.3 Å². The van der Waals surface area contributed by atoms with Crippen LogP contribution in [0.4, 0.5) is 0 Å². The molecule has 0 aliphatic rings. The topological polar surface area (TPSA) is 50.9 Å². The molecule has 102 valence electrons. The summed E-state index contributed by atoms with van der Waals surface area (Å²) in [4.78, 5) is 4.43. The third-order valence-electron chi connectivity index (χ3n) is 3.00. The smallest absolute Gasteiger partial charge is 0.150 e. The summed E-state index contributed by atoms with van der Waals surface area (Å²) in [5, 5.41) is 15.3. The highest BCUT2D eigenvalue weighted by molar-refractivity contribution is 6.30. The molecular formula is C14H18ClN3O. The second-order valence-electron chi connectivity index (χ2n) is 4.40. The molecule has 1 aromatic heterocycles. The maximum Gasteiger partial charge on any atom is 0.150 e. The quantitative estimate of drug-likeness (QED) is 0.916. The average Bonchev–Trinajstić information content (AvgIpc) is 2.81. The van der Waals surface area contributed by atoms with Gasteiger partial charge in [-0.2, -0.15) is 5.10 Å². The van der Waals surface area contributed by atoms with Gasteiger partial charge in [0.25, 0.3) is 0 Å². The lowest BCUT2D eigenvalue weighted by molar-refractivity contribution is 0.150. The molecule has 19 heavy (non-hydrogen) atoms. The minimum atomic E-state index is -0.629. The Morgan fingerprint density at radius 3 is 2.74 bits per heavy atom. The third kappa shape index (κ3) is 3.33. The van der Waals surface area contributed by atoms with Gasteiger partial charge < -0.3 is 5.11 Å². The van der Waals surface area contributed by atoms with Gasteiger partial charge in [-0.3, -0.25) is 0 Å². The largest absolute Gasteiger partial charge is 0.386 e. The maximum absolute atomic E-state index is 10.3. The van der Waals surface area contributed by atoms with E-state index in [9.17, 15) is 5.11 Å². The molecule has 0 bridgehead atoms. The van der Waals surface area contributed by atoms with Gasteiger partial charge in [0.15, 0.2) is 5.82 Å². The van der Waals surface area contributed by atoms with Gasteiger partial charge in [-0.15, -0.1) is 0 Å². The van der Waals surface area contributed by atoms with E-state index in [-0.39, 0.29) is 0 Å². The molecule has 0 aliphatic heterocycles. The second kappa shape index (κ2) is 6.17. The van der Waals surface area contributed by atoms with Crippen molar-refractivity contribution >= 4 is 11.6 Å². The molecule has 1 N–H and O–H groups in total. The van der Waals surface area contributed by atoms with Crippen LogP contribution < -0.4 is 0 Å². The van der Waals surface area contributed by atoms with Crippen molar-refractivity contribution in [2.24, 2.45) is 0 Å². The number of aliphatic hydroxyl groups is 1. The molecular weight excluding hydrogens is 262 g/mol. The summed E-state index contributed by atoms with van der Waals surface area (Å²) < 4.78 is 1.78. The lowest BCUT2D eigenvalue weighted by Crippen LogP contribution is -2.12. The number of aryl methyl sites for hydroxylation is 2. The summed E-state index contributed by atoms with van der Waals surface area (Å²) in [5.41, 5.74) is 0.795. The first-order chi connectivity index (χ1) is 9.13. The fourth-order valence-electron chi connectivity index (χ4n) is 1.97. The SMILES string of the molecule is CCc1nc(CC)n(CC(O)c2cccc(Cl)c2)n1. The van der Waals surface area contributed by atoms with Crippen LogP contribution in [-0.4, -0.2) is 19.9 Å². The van der Waals surface area contributed by atoms with Gasteiger partial charge >= 0.3 is 0 Å². The van der Waals surface area contributed by atoms with Crippen LogP contribution in [0.25, 0.3) is 0 Å². The molecule has 0 amide bonds. The molecule has 1 unspecified atom stereocenters. The Morgan fingerprint density at radius 1 is 1.32 bits per heavy atom. The van der Waals surface area contributed by atoms with E-state index in [2.05, 4.69) is 10.1 Å². The van der Waals surface area contributed by atoms with Crippen LogP contribution in [0.2, 0.25) is 5.02 Å². The fourth-order valence-corrected chi connectivity index (χ4v) is 2.17. The van der Waals surface area contributed by atoms with Crippen LogP contribution in [-0.2, 0) is 19.4 Å². The number of rotatable bonds is 5. The van der Waals surface area contributed by atoms with Gasteiger partial charge in [0.2, 0.25) is 0 Å². The number of benzene rings is 1. The van der Waals surface area contributed by atoms with Crippen molar-refractivity contribution in [3.8, 4) is 0 Å². The van der Waals surface area contributed by atoms with E-state index in [4.69, 9.17) is 11.6 Å². The molecule has 2 rings (SSSR count). The van der Waals surface area contributed by atoms with Crippen molar-refractivity contribution in [2.75, 3.05) is 0 Å². The molecule has 2 aromatic rings. The van der Waals surface area contributed by atoms with Gasteiger partial charge in [0.05, 0.1) is 12.6 Å². The Bertz CT molecular complexity index is 553. The third-order valence-corrected chi connectivity index (χ3v) is 3.24. The van der Waals surface area contributed by atoms with Crippen molar-refractivity contribution < 1.29 is 5.11 Å². The Hall–Kier alpha value is -1.39. The summed E-state index contributed by atoms with van der Waals surface area (Å²) in [7, 11) is 0. The molecule has 0 radical (unpaired) electrons.